The quantitative estimate of drug-likeness (QED) is 0.705. The molecule has 3 aromatic rings. The molecule has 0 bridgehead atoms. The first-order valence-electron chi connectivity index (χ1n) is 9.27. The molecular formula is C22H20FN3O2. The van der Waals surface area contributed by atoms with Gasteiger partial charge in [0.15, 0.2) is 0 Å². The highest BCUT2D eigenvalue weighted by Crippen LogP contribution is 2.18. The minimum absolute atomic E-state index is 0.0241. The number of halogens is 1. The van der Waals surface area contributed by atoms with Crippen LogP contribution in [0.25, 0.3) is 10.9 Å². The van der Waals surface area contributed by atoms with Gasteiger partial charge in [-0.1, -0.05) is 30.3 Å². The Morgan fingerprint density at radius 1 is 0.929 bits per heavy atom. The molecule has 0 N–H and O–H groups in total. The van der Waals surface area contributed by atoms with Crippen molar-refractivity contribution in [1.82, 2.24) is 14.8 Å². The summed E-state index contributed by atoms with van der Waals surface area (Å²) in [5, 5.41) is 1.01. The lowest BCUT2D eigenvalue weighted by molar-refractivity contribution is -0.131. The number of hydrogen-bond donors (Lipinski definition) is 0. The van der Waals surface area contributed by atoms with E-state index in [-0.39, 0.29) is 18.2 Å². The lowest BCUT2D eigenvalue weighted by Crippen LogP contribution is -2.51. The second-order valence-electron chi connectivity index (χ2n) is 6.85. The number of amides is 2. The molecule has 28 heavy (non-hydrogen) atoms. The van der Waals surface area contributed by atoms with E-state index in [1.807, 2.05) is 30.3 Å². The van der Waals surface area contributed by atoms with Crippen molar-refractivity contribution in [3.8, 4) is 0 Å². The van der Waals surface area contributed by atoms with Gasteiger partial charge in [-0.3, -0.25) is 14.6 Å². The van der Waals surface area contributed by atoms with Crippen molar-refractivity contribution in [1.29, 1.82) is 0 Å². The van der Waals surface area contributed by atoms with Crippen LogP contribution in [-0.4, -0.2) is 52.8 Å². The van der Waals surface area contributed by atoms with Crippen LogP contribution in [0.5, 0.6) is 0 Å². The Hall–Kier alpha value is -3.28. The molecule has 6 heteroatoms. The fourth-order valence-corrected chi connectivity index (χ4v) is 3.55. The molecule has 1 aromatic heterocycles. The molecule has 2 heterocycles. The van der Waals surface area contributed by atoms with E-state index in [2.05, 4.69) is 4.98 Å². The summed E-state index contributed by atoms with van der Waals surface area (Å²) in [5.41, 5.74) is 2.08. The monoisotopic (exact) mass is 377 g/mol. The summed E-state index contributed by atoms with van der Waals surface area (Å²) in [5.74, 6) is -0.607. The van der Waals surface area contributed by atoms with E-state index in [1.54, 1.807) is 22.1 Å². The number of aromatic nitrogens is 1. The number of hydrogen-bond acceptors (Lipinski definition) is 3. The number of fused-ring (bicyclic) bond motifs is 1. The Balaban J connectivity index is 1.39. The predicted octanol–water partition coefficient (Wildman–Crippen LogP) is 2.90. The average Bonchev–Trinajstić information content (AvgIpc) is 2.73. The van der Waals surface area contributed by atoms with Crippen LogP contribution >= 0.6 is 0 Å². The molecule has 2 aromatic carbocycles. The van der Waals surface area contributed by atoms with E-state index in [1.165, 1.54) is 18.2 Å². The van der Waals surface area contributed by atoms with Crippen molar-refractivity contribution in [2.24, 2.45) is 0 Å². The highest BCUT2D eigenvalue weighted by Gasteiger charge is 2.25. The molecule has 1 aliphatic rings. The Morgan fingerprint density at radius 2 is 1.64 bits per heavy atom. The fraction of sp³-hybridized carbons (Fsp3) is 0.227. The zero-order valence-corrected chi connectivity index (χ0v) is 15.3. The summed E-state index contributed by atoms with van der Waals surface area (Å²) in [7, 11) is 0. The first-order valence-corrected chi connectivity index (χ1v) is 9.27. The molecule has 0 atom stereocenters. The second-order valence-corrected chi connectivity index (χ2v) is 6.85. The van der Waals surface area contributed by atoms with E-state index in [4.69, 9.17) is 0 Å². The van der Waals surface area contributed by atoms with Gasteiger partial charge < -0.3 is 9.80 Å². The van der Waals surface area contributed by atoms with Crippen molar-refractivity contribution < 1.29 is 14.0 Å². The number of benzene rings is 2. The van der Waals surface area contributed by atoms with Gasteiger partial charge in [0.05, 0.1) is 11.9 Å². The largest absolute Gasteiger partial charge is 0.339 e. The molecule has 1 aliphatic heterocycles. The van der Waals surface area contributed by atoms with Crippen molar-refractivity contribution in [2.45, 2.75) is 6.42 Å². The first kappa shape index (κ1) is 18.1. The van der Waals surface area contributed by atoms with Crippen LogP contribution in [0.4, 0.5) is 4.39 Å². The van der Waals surface area contributed by atoms with Gasteiger partial charge in [0.2, 0.25) is 5.91 Å². The number of para-hydroxylation sites is 1. The van der Waals surface area contributed by atoms with Gasteiger partial charge in [0.1, 0.15) is 5.82 Å². The van der Waals surface area contributed by atoms with Gasteiger partial charge in [-0.05, 0) is 29.8 Å². The van der Waals surface area contributed by atoms with Gasteiger partial charge in [0, 0.05) is 43.3 Å². The number of rotatable bonds is 3. The number of carbonyl (C=O) groups is 2. The van der Waals surface area contributed by atoms with Crippen molar-refractivity contribution in [2.75, 3.05) is 26.2 Å². The smallest absolute Gasteiger partial charge is 0.254 e. The van der Waals surface area contributed by atoms with Gasteiger partial charge in [-0.15, -0.1) is 0 Å². The maximum atomic E-state index is 13.4. The molecular weight excluding hydrogens is 357 g/mol. The summed E-state index contributed by atoms with van der Waals surface area (Å²) in [6, 6.07) is 15.4. The van der Waals surface area contributed by atoms with Gasteiger partial charge in [-0.2, -0.15) is 0 Å². The lowest BCUT2D eigenvalue weighted by Gasteiger charge is -2.35. The third kappa shape index (κ3) is 3.71. The minimum atomic E-state index is -0.427. The van der Waals surface area contributed by atoms with Crippen LogP contribution in [-0.2, 0) is 11.2 Å². The normalized spacial score (nSPS) is 14.3. The summed E-state index contributed by atoms with van der Waals surface area (Å²) in [4.78, 5) is 33.1. The molecule has 4 rings (SSSR count). The van der Waals surface area contributed by atoms with Crippen LogP contribution in [0.15, 0.2) is 60.8 Å². The van der Waals surface area contributed by atoms with Crippen LogP contribution in [0.1, 0.15) is 15.9 Å². The Kier molecular flexibility index (Phi) is 5.02. The molecule has 0 saturated carbocycles. The standard InChI is InChI=1S/C22H20FN3O2/c23-19-8-2-6-18(14-19)22(28)26-12-10-25(11-13-26)20(27)15-17-5-1-4-16-7-3-9-24-21(16)17/h1-9,14H,10-13,15H2. The summed E-state index contributed by atoms with van der Waals surface area (Å²) < 4.78 is 13.4. The predicted molar refractivity (Wildman–Crippen MR) is 104 cm³/mol. The van der Waals surface area contributed by atoms with Crippen LogP contribution in [0, 0.1) is 5.82 Å². The molecule has 0 aliphatic carbocycles. The number of pyridine rings is 1. The Morgan fingerprint density at radius 3 is 2.43 bits per heavy atom. The van der Waals surface area contributed by atoms with Gasteiger partial charge in [0.25, 0.3) is 5.91 Å². The lowest BCUT2D eigenvalue weighted by atomic mass is 10.1. The van der Waals surface area contributed by atoms with E-state index in [0.717, 1.165) is 16.5 Å². The average molecular weight is 377 g/mol. The third-order valence-electron chi connectivity index (χ3n) is 5.05. The first-order chi connectivity index (χ1) is 13.6. The van der Waals surface area contributed by atoms with Crippen molar-refractivity contribution in [3.63, 3.8) is 0 Å². The molecule has 0 spiro atoms. The highest BCUT2D eigenvalue weighted by molar-refractivity contribution is 5.94. The highest BCUT2D eigenvalue weighted by atomic mass is 19.1. The zero-order chi connectivity index (χ0) is 19.5. The van der Waals surface area contributed by atoms with E-state index in [0.29, 0.717) is 31.7 Å². The maximum Gasteiger partial charge on any atom is 0.254 e. The van der Waals surface area contributed by atoms with Gasteiger partial charge in [-0.25, -0.2) is 4.39 Å². The molecule has 5 nitrogen and oxygen atoms in total. The van der Waals surface area contributed by atoms with Crippen molar-refractivity contribution >= 4 is 22.7 Å². The fourth-order valence-electron chi connectivity index (χ4n) is 3.55. The van der Waals surface area contributed by atoms with E-state index < -0.39 is 5.82 Å². The molecule has 1 saturated heterocycles. The van der Waals surface area contributed by atoms with Gasteiger partial charge >= 0.3 is 0 Å². The Labute approximate surface area is 162 Å². The van der Waals surface area contributed by atoms with Crippen LogP contribution < -0.4 is 0 Å². The maximum absolute atomic E-state index is 13.4. The molecule has 2 amide bonds. The molecule has 0 radical (unpaired) electrons. The summed E-state index contributed by atoms with van der Waals surface area (Å²) in [6.45, 7) is 1.82. The molecule has 142 valence electrons. The van der Waals surface area contributed by atoms with Crippen LogP contribution in [0.3, 0.4) is 0 Å². The number of nitrogens with zero attached hydrogens (tertiary/aromatic N) is 3. The van der Waals surface area contributed by atoms with E-state index >= 15 is 0 Å². The summed E-state index contributed by atoms with van der Waals surface area (Å²) >= 11 is 0. The third-order valence-corrected chi connectivity index (χ3v) is 5.05. The van der Waals surface area contributed by atoms with E-state index in [9.17, 15) is 14.0 Å². The number of piperazine rings is 1. The number of carbonyl (C=O) groups excluding carboxylic acids is 2. The topological polar surface area (TPSA) is 53.5 Å². The zero-order valence-electron chi connectivity index (χ0n) is 15.3. The Bertz CT molecular complexity index is 1020. The molecule has 1 fully saturated rings. The molecule has 0 unspecified atom stereocenters. The second kappa shape index (κ2) is 7.76. The summed E-state index contributed by atoms with van der Waals surface area (Å²) in [6.07, 6.45) is 2.01. The SMILES string of the molecule is O=C(Cc1cccc2cccnc12)N1CCN(C(=O)c2cccc(F)c2)CC1. The van der Waals surface area contributed by atoms with Crippen LogP contribution in [0.2, 0.25) is 0 Å². The van der Waals surface area contributed by atoms with Crippen molar-refractivity contribution in [3.05, 3.63) is 77.7 Å². The minimum Gasteiger partial charge on any atom is -0.339 e.